The van der Waals surface area contributed by atoms with Gasteiger partial charge in [-0.2, -0.15) is 18.4 Å². The van der Waals surface area contributed by atoms with Crippen molar-refractivity contribution in [1.82, 2.24) is 4.90 Å². The lowest BCUT2D eigenvalue weighted by Gasteiger charge is -2.12. The molecular weight excluding hydrogens is 307 g/mol. The van der Waals surface area contributed by atoms with E-state index in [1.807, 2.05) is 0 Å². The molecule has 1 amide bonds. The molecule has 1 rings (SSSR count). The maximum atomic E-state index is 12.6. The van der Waals surface area contributed by atoms with Crippen LogP contribution in [0.1, 0.15) is 5.56 Å². The number of nitriles is 1. The van der Waals surface area contributed by atoms with Crippen LogP contribution in [0, 0.1) is 11.3 Å². The summed E-state index contributed by atoms with van der Waals surface area (Å²) in [4.78, 5) is 13.3. The van der Waals surface area contributed by atoms with Gasteiger partial charge in [-0.15, -0.1) is 0 Å². The number of alkyl halides is 3. The van der Waals surface area contributed by atoms with E-state index in [1.54, 1.807) is 20.2 Å². The fourth-order valence-corrected chi connectivity index (χ4v) is 1.55. The summed E-state index contributed by atoms with van der Waals surface area (Å²) in [5.74, 6) is -0.840. The number of benzene rings is 1. The van der Waals surface area contributed by atoms with Crippen molar-refractivity contribution in [3.63, 3.8) is 0 Å². The largest absolute Gasteiger partial charge is 0.416 e. The summed E-state index contributed by atoms with van der Waals surface area (Å²) in [7, 11) is 3.20. The molecule has 8 heteroatoms. The first-order valence-electron chi connectivity index (χ1n) is 5.61. The second-order valence-electron chi connectivity index (χ2n) is 4.26. The Morgan fingerprint density at radius 3 is 2.52 bits per heavy atom. The molecule has 0 aromatic heterocycles. The lowest BCUT2D eigenvalue weighted by Crippen LogP contribution is -2.17. The number of hydrogen-bond acceptors (Lipinski definition) is 3. The Morgan fingerprint density at radius 1 is 1.43 bits per heavy atom. The zero-order valence-corrected chi connectivity index (χ0v) is 11.9. The molecule has 0 radical (unpaired) electrons. The first kappa shape index (κ1) is 16.9. The number of nitrogens with one attached hydrogen (secondary N) is 1. The number of carbonyl (C=O) groups excluding carboxylic acids is 1. The van der Waals surface area contributed by atoms with Crippen LogP contribution in [0.5, 0.6) is 0 Å². The quantitative estimate of drug-likeness (QED) is 0.687. The topological polar surface area (TPSA) is 56.1 Å². The van der Waals surface area contributed by atoms with Gasteiger partial charge in [0.15, 0.2) is 0 Å². The molecule has 0 spiro atoms. The molecule has 0 heterocycles. The van der Waals surface area contributed by atoms with Gasteiger partial charge in [0.25, 0.3) is 5.91 Å². The van der Waals surface area contributed by atoms with Crippen LogP contribution in [0.15, 0.2) is 30.0 Å². The van der Waals surface area contributed by atoms with Crippen molar-refractivity contribution in [2.75, 3.05) is 19.4 Å². The second-order valence-corrected chi connectivity index (χ2v) is 4.67. The maximum absolute atomic E-state index is 12.6. The number of halogens is 4. The Morgan fingerprint density at radius 2 is 2.05 bits per heavy atom. The van der Waals surface area contributed by atoms with Crippen molar-refractivity contribution in [1.29, 1.82) is 5.26 Å². The normalized spacial score (nSPS) is 11.8. The van der Waals surface area contributed by atoms with Gasteiger partial charge in [0, 0.05) is 20.3 Å². The third kappa shape index (κ3) is 4.68. The van der Waals surface area contributed by atoms with E-state index in [4.69, 9.17) is 16.9 Å². The molecule has 0 atom stereocenters. The molecule has 0 aliphatic rings. The molecule has 0 saturated carbocycles. The summed E-state index contributed by atoms with van der Waals surface area (Å²) in [6.07, 6.45) is -3.31. The number of amides is 1. The Hall–Kier alpha value is -2.20. The molecule has 0 saturated heterocycles. The monoisotopic (exact) mass is 317 g/mol. The first-order valence-corrected chi connectivity index (χ1v) is 5.99. The van der Waals surface area contributed by atoms with Crippen LogP contribution in [0.25, 0.3) is 0 Å². The van der Waals surface area contributed by atoms with Gasteiger partial charge >= 0.3 is 6.18 Å². The zero-order valence-electron chi connectivity index (χ0n) is 11.1. The highest BCUT2D eigenvalue weighted by Gasteiger charge is 2.31. The molecule has 21 heavy (non-hydrogen) atoms. The van der Waals surface area contributed by atoms with Crippen LogP contribution < -0.4 is 5.32 Å². The Bertz CT molecular complexity index is 618. The number of rotatable bonds is 3. The number of nitrogens with zero attached hydrogens (tertiary/aromatic N) is 2. The van der Waals surface area contributed by atoms with Gasteiger partial charge in [-0.1, -0.05) is 11.6 Å². The Balaban J connectivity index is 3.08. The predicted octanol–water partition coefficient (Wildman–Crippen LogP) is 3.27. The van der Waals surface area contributed by atoms with Crippen LogP contribution in [-0.4, -0.2) is 24.9 Å². The van der Waals surface area contributed by atoms with E-state index in [1.165, 1.54) is 11.1 Å². The highest BCUT2D eigenvalue weighted by molar-refractivity contribution is 6.34. The summed E-state index contributed by atoms with van der Waals surface area (Å²) in [5, 5.41) is 11.0. The van der Waals surface area contributed by atoms with E-state index in [2.05, 4.69) is 5.32 Å². The van der Waals surface area contributed by atoms with E-state index < -0.39 is 17.6 Å². The van der Waals surface area contributed by atoms with E-state index in [-0.39, 0.29) is 16.3 Å². The standard InChI is InChI=1S/C13H11ClF3N3O/c1-20(2)7-8(6-18)12(21)19-11-5-9(13(15,16)17)3-4-10(11)14/h3-5,7H,1-2H3,(H,19,21)/b8-7+. The SMILES string of the molecule is CN(C)/C=C(\C#N)C(=O)Nc1cc(C(F)(F)F)ccc1Cl. The zero-order chi connectivity index (χ0) is 16.2. The van der Waals surface area contributed by atoms with E-state index in [0.29, 0.717) is 6.07 Å². The van der Waals surface area contributed by atoms with E-state index >= 15 is 0 Å². The molecule has 4 nitrogen and oxygen atoms in total. The minimum Gasteiger partial charge on any atom is -0.382 e. The minimum absolute atomic E-state index is 0.0570. The van der Waals surface area contributed by atoms with Gasteiger partial charge in [-0.05, 0) is 18.2 Å². The van der Waals surface area contributed by atoms with Gasteiger partial charge in [0.05, 0.1) is 16.3 Å². The average molecular weight is 318 g/mol. The Kier molecular flexibility index (Phi) is 5.22. The van der Waals surface area contributed by atoms with Crippen molar-refractivity contribution in [3.05, 3.63) is 40.6 Å². The van der Waals surface area contributed by atoms with Gasteiger partial charge in [-0.25, -0.2) is 0 Å². The van der Waals surface area contributed by atoms with Crippen molar-refractivity contribution < 1.29 is 18.0 Å². The summed E-state index contributed by atoms with van der Waals surface area (Å²) in [6, 6.07) is 4.21. The molecule has 1 N–H and O–H groups in total. The average Bonchev–Trinajstić information content (AvgIpc) is 2.36. The third-order valence-corrected chi connectivity index (χ3v) is 2.62. The third-order valence-electron chi connectivity index (χ3n) is 2.29. The number of hydrogen-bond donors (Lipinski definition) is 1. The van der Waals surface area contributed by atoms with Crippen molar-refractivity contribution in [3.8, 4) is 6.07 Å². The van der Waals surface area contributed by atoms with E-state index in [9.17, 15) is 18.0 Å². The smallest absolute Gasteiger partial charge is 0.382 e. The summed E-state index contributed by atoms with van der Waals surface area (Å²) < 4.78 is 37.8. The summed E-state index contributed by atoms with van der Waals surface area (Å²) >= 11 is 5.75. The van der Waals surface area contributed by atoms with Crippen molar-refractivity contribution in [2.24, 2.45) is 0 Å². The van der Waals surface area contributed by atoms with E-state index in [0.717, 1.165) is 12.1 Å². The van der Waals surface area contributed by atoms with Crippen molar-refractivity contribution in [2.45, 2.75) is 6.18 Å². The van der Waals surface area contributed by atoms with Crippen LogP contribution >= 0.6 is 11.6 Å². The lowest BCUT2D eigenvalue weighted by atomic mass is 10.2. The molecule has 0 aliphatic heterocycles. The molecule has 0 unspecified atom stereocenters. The fraction of sp³-hybridized carbons (Fsp3) is 0.231. The van der Waals surface area contributed by atoms with Crippen LogP contribution in [0.3, 0.4) is 0 Å². The molecular formula is C13H11ClF3N3O. The Labute approximate surface area is 124 Å². The van der Waals surface area contributed by atoms with Gasteiger partial charge < -0.3 is 10.2 Å². The molecule has 0 bridgehead atoms. The summed E-state index contributed by atoms with van der Waals surface area (Å²) in [5.41, 5.74) is -1.41. The first-order chi connectivity index (χ1) is 9.65. The fourth-order valence-electron chi connectivity index (χ4n) is 1.38. The molecule has 1 aromatic carbocycles. The highest BCUT2D eigenvalue weighted by atomic mass is 35.5. The van der Waals surface area contributed by atoms with Crippen molar-refractivity contribution >= 4 is 23.2 Å². The number of anilines is 1. The van der Waals surface area contributed by atoms with Gasteiger partial charge in [0.1, 0.15) is 11.6 Å². The molecule has 0 aliphatic carbocycles. The number of carbonyl (C=O) groups is 1. The molecule has 112 valence electrons. The predicted molar refractivity (Wildman–Crippen MR) is 72.5 cm³/mol. The highest BCUT2D eigenvalue weighted by Crippen LogP contribution is 2.33. The van der Waals surface area contributed by atoms with Crippen LogP contribution in [0.4, 0.5) is 18.9 Å². The van der Waals surface area contributed by atoms with Gasteiger partial charge in [0.2, 0.25) is 0 Å². The summed E-state index contributed by atoms with van der Waals surface area (Å²) in [6.45, 7) is 0. The minimum atomic E-state index is -4.55. The molecule has 1 aromatic rings. The van der Waals surface area contributed by atoms with Crippen LogP contribution in [0.2, 0.25) is 5.02 Å². The van der Waals surface area contributed by atoms with Gasteiger partial charge in [-0.3, -0.25) is 4.79 Å². The van der Waals surface area contributed by atoms with Crippen LogP contribution in [-0.2, 0) is 11.0 Å². The lowest BCUT2D eigenvalue weighted by molar-refractivity contribution is -0.137. The second kappa shape index (κ2) is 6.50. The maximum Gasteiger partial charge on any atom is 0.416 e. The molecule has 0 fully saturated rings.